The molecular formula is C8H18O. The van der Waals surface area contributed by atoms with Crippen LogP contribution in [0.15, 0.2) is 12.2 Å². The van der Waals surface area contributed by atoms with Crippen LogP contribution in [-0.2, 0) is 4.74 Å². The Morgan fingerprint density at radius 3 is 1.33 bits per heavy atom. The first-order valence-corrected chi connectivity index (χ1v) is 3.48. The van der Waals surface area contributed by atoms with Crippen LogP contribution in [-0.4, -0.2) is 13.2 Å². The molecule has 0 aliphatic carbocycles. The molecule has 0 N–H and O–H groups in total. The molecule has 0 rings (SSSR count). The standard InChI is InChI=1S/C4H10O.C4H8/c1-3-5-4-2;1-3-4-2/h3-4H2,1-2H3;3-4H,1-2H3/b;4-3+. The lowest BCUT2D eigenvalue weighted by Crippen LogP contribution is -1.84. The summed E-state index contributed by atoms with van der Waals surface area (Å²) < 4.78 is 4.83. The van der Waals surface area contributed by atoms with Gasteiger partial charge < -0.3 is 4.74 Å². The molecule has 9 heavy (non-hydrogen) atoms. The summed E-state index contributed by atoms with van der Waals surface area (Å²) in [5.41, 5.74) is 0. The van der Waals surface area contributed by atoms with Crippen LogP contribution in [0.3, 0.4) is 0 Å². The molecule has 0 amide bonds. The molecule has 0 aliphatic rings. The quantitative estimate of drug-likeness (QED) is 0.522. The average molecular weight is 130 g/mol. The van der Waals surface area contributed by atoms with Crippen molar-refractivity contribution >= 4 is 0 Å². The van der Waals surface area contributed by atoms with E-state index in [0.717, 1.165) is 13.2 Å². The second kappa shape index (κ2) is 15.6. The van der Waals surface area contributed by atoms with Gasteiger partial charge in [0.25, 0.3) is 0 Å². The molecule has 0 aromatic rings. The molecule has 0 aromatic carbocycles. The number of hydrogen-bond donors (Lipinski definition) is 0. The van der Waals surface area contributed by atoms with Crippen molar-refractivity contribution in [1.82, 2.24) is 0 Å². The van der Waals surface area contributed by atoms with Gasteiger partial charge in [-0.25, -0.2) is 0 Å². The molecule has 56 valence electrons. The van der Waals surface area contributed by atoms with Gasteiger partial charge in [0.2, 0.25) is 0 Å². The van der Waals surface area contributed by atoms with Crippen LogP contribution in [0.1, 0.15) is 27.7 Å². The molecule has 0 heterocycles. The van der Waals surface area contributed by atoms with Crippen LogP contribution < -0.4 is 0 Å². The van der Waals surface area contributed by atoms with Crippen LogP contribution in [0, 0.1) is 0 Å². The fraction of sp³-hybridized carbons (Fsp3) is 0.750. The highest BCUT2D eigenvalue weighted by molar-refractivity contribution is 4.68. The molecule has 0 saturated carbocycles. The van der Waals surface area contributed by atoms with Gasteiger partial charge in [0, 0.05) is 13.2 Å². The zero-order valence-electron chi connectivity index (χ0n) is 6.98. The Hall–Kier alpha value is -0.300. The molecule has 0 saturated heterocycles. The lowest BCUT2D eigenvalue weighted by Gasteiger charge is -1.86. The van der Waals surface area contributed by atoms with Crippen LogP contribution in [0.4, 0.5) is 0 Å². The Morgan fingerprint density at radius 1 is 1.00 bits per heavy atom. The normalized spacial score (nSPS) is 8.89. The van der Waals surface area contributed by atoms with E-state index in [-0.39, 0.29) is 0 Å². The summed E-state index contributed by atoms with van der Waals surface area (Å²) in [6.45, 7) is 9.67. The maximum atomic E-state index is 4.83. The molecule has 1 heteroatoms. The molecule has 0 aromatic heterocycles. The SMILES string of the molecule is C/C=C/C.CCOCC. The summed E-state index contributed by atoms with van der Waals surface area (Å²) in [4.78, 5) is 0. The predicted molar refractivity (Wildman–Crippen MR) is 42.7 cm³/mol. The molecule has 1 nitrogen and oxygen atoms in total. The van der Waals surface area contributed by atoms with E-state index in [1.54, 1.807) is 0 Å². The van der Waals surface area contributed by atoms with Crippen molar-refractivity contribution in [2.24, 2.45) is 0 Å². The van der Waals surface area contributed by atoms with E-state index in [2.05, 4.69) is 0 Å². The minimum atomic E-state index is 0.844. The van der Waals surface area contributed by atoms with Gasteiger partial charge in [-0.15, -0.1) is 0 Å². The van der Waals surface area contributed by atoms with E-state index in [9.17, 15) is 0 Å². The fourth-order valence-corrected chi connectivity index (χ4v) is 0.204. The van der Waals surface area contributed by atoms with Crippen LogP contribution in [0.2, 0.25) is 0 Å². The molecule has 0 spiro atoms. The van der Waals surface area contributed by atoms with Crippen LogP contribution >= 0.6 is 0 Å². The minimum Gasteiger partial charge on any atom is -0.382 e. The third-order valence-electron chi connectivity index (χ3n) is 0.742. The smallest absolute Gasteiger partial charge is 0.0437 e. The van der Waals surface area contributed by atoms with Gasteiger partial charge in [-0.2, -0.15) is 0 Å². The summed E-state index contributed by atoms with van der Waals surface area (Å²) in [7, 11) is 0. The summed E-state index contributed by atoms with van der Waals surface area (Å²) in [5, 5.41) is 0. The van der Waals surface area contributed by atoms with E-state index < -0.39 is 0 Å². The average Bonchev–Trinajstić information content (AvgIpc) is 1.91. The third-order valence-corrected chi connectivity index (χ3v) is 0.742. The zero-order chi connectivity index (χ0) is 7.54. The number of hydrogen-bond acceptors (Lipinski definition) is 1. The zero-order valence-corrected chi connectivity index (χ0v) is 6.98. The topological polar surface area (TPSA) is 9.23 Å². The van der Waals surface area contributed by atoms with Gasteiger partial charge in [-0.3, -0.25) is 0 Å². The Kier molecular flexibility index (Phi) is 20.0. The van der Waals surface area contributed by atoms with Gasteiger partial charge in [-0.1, -0.05) is 12.2 Å². The van der Waals surface area contributed by atoms with Crippen molar-refractivity contribution in [1.29, 1.82) is 0 Å². The summed E-state index contributed by atoms with van der Waals surface area (Å²) in [5.74, 6) is 0. The van der Waals surface area contributed by atoms with Crippen LogP contribution in [0.5, 0.6) is 0 Å². The third kappa shape index (κ3) is 34.3. The van der Waals surface area contributed by atoms with Gasteiger partial charge in [-0.05, 0) is 27.7 Å². The molecule has 0 unspecified atom stereocenters. The lowest BCUT2D eigenvalue weighted by atomic mass is 10.6. The second-order valence-electron chi connectivity index (χ2n) is 1.45. The minimum absolute atomic E-state index is 0.844. The first-order valence-electron chi connectivity index (χ1n) is 3.48. The number of ether oxygens (including phenoxy) is 1. The van der Waals surface area contributed by atoms with Crippen LogP contribution in [0.25, 0.3) is 0 Å². The van der Waals surface area contributed by atoms with E-state index in [1.165, 1.54) is 0 Å². The van der Waals surface area contributed by atoms with E-state index in [1.807, 2.05) is 39.8 Å². The highest BCUT2D eigenvalue weighted by Crippen LogP contribution is 1.64. The molecule has 0 radical (unpaired) electrons. The highest BCUT2D eigenvalue weighted by atomic mass is 16.5. The molecular weight excluding hydrogens is 112 g/mol. The maximum Gasteiger partial charge on any atom is 0.0437 e. The summed E-state index contributed by atoms with van der Waals surface area (Å²) in [6.07, 6.45) is 4.00. The summed E-state index contributed by atoms with van der Waals surface area (Å²) >= 11 is 0. The highest BCUT2D eigenvalue weighted by Gasteiger charge is 1.64. The first kappa shape index (κ1) is 11.5. The Bertz CT molecular complexity index is 42.5. The monoisotopic (exact) mass is 130 g/mol. The van der Waals surface area contributed by atoms with Crippen molar-refractivity contribution in [2.75, 3.05) is 13.2 Å². The molecule has 0 fully saturated rings. The van der Waals surface area contributed by atoms with Crippen molar-refractivity contribution in [3.8, 4) is 0 Å². The fourth-order valence-electron chi connectivity index (χ4n) is 0.204. The second-order valence-corrected chi connectivity index (χ2v) is 1.45. The first-order chi connectivity index (χ1) is 4.33. The maximum absolute atomic E-state index is 4.83. The van der Waals surface area contributed by atoms with Crippen molar-refractivity contribution in [3.63, 3.8) is 0 Å². The van der Waals surface area contributed by atoms with Gasteiger partial charge in [0.1, 0.15) is 0 Å². The van der Waals surface area contributed by atoms with Gasteiger partial charge in [0.05, 0.1) is 0 Å². The Morgan fingerprint density at radius 2 is 1.33 bits per heavy atom. The molecule has 0 bridgehead atoms. The van der Waals surface area contributed by atoms with Crippen molar-refractivity contribution in [2.45, 2.75) is 27.7 Å². The lowest BCUT2D eigenvalue weighted by molar-refractivity contribution is 0.162. The van der Waals surface area contributed by atoms with E-state index >= 15 is 0 Å². The van der Waals surface area contributed by atoms with Gasteiger partial charge in [0.15, 0.2) is 0 Å². The van der Waals surface area contributed by atoms with Gasteiger partial charge >= 0.3 is 0 Å². The number of allylic oxidation sites excluding steroid dienone is 2. The Balaban J connectivity index is 0. The number of rotatable bonds is 2. The Labute approximate surface area is 58.7 Å². The van der Waals surface area contributed by atoms with Crippen molar-refractivity contribution < 1.29 is 4.74 Å². The molecule has 0 atom stereocenters. The van der Waals surface area contributed by atoms with Crippen molar-refractivity contribution in [3.05, 3.63) is 12.2 Å². The summed E-state index contributed by atoms with van der Waals surface area (Å²) in [6, 6.07) is 0. The predicted octanol–water partition coefficient (Wildman–Crippen LogP) is 2.63. The van der Waals surface area contributed by atoms with E-state index in [4.69, 9.17) is 4.74 Å². The molecule has 0 aliphatic heterocycles. The van der Waals surface area contributed by atoms with E-state index in [0.29, 0.717) is 0 Å². The largest absolute Gasteiger partial charge is 0.382 e.